The highest BCUT2D eigenvalue weighted by atomic mass is 15.2. The summed E-state index contributed by atoms with van der Waals surface area (Å²) in [6, 6.07) is 0. The second-order valence-corrected chi connectivity index (χ2v) is 8.04. The highest BCUT2D eigenvalue weighted by Crippen LogP contribution is 2.17. The lowest BCUT2D eigenvalue weighted by Gasteiger charge is -2.37. The fourth-order valence-electron chi connectivity index (χ4n) is 2.96. The van der Waals surface area contributed by atoms with Crippen LogP contribution < -0.4 is 22.9 Å². The van der Waals surface area contributed by atoms with Crippen molar-refractivity contribution in [3.8, 4) is 0 Å². The molecule has 4 heteroatoms. The molecule has 0 aliphatic rings. The van der Waals surface area contributed by atoms with Gasteiger partial charge in [0.1, 0.15) is 5.79 Å². The first-order valence-electron chi connectivity index (χ1n) is 10.6. The van der Waals surface area contributed by atoms with E-state index in [1.807, 2.05) is 6.92 Å². The molecule has 0 heterocycles. The van der Waals surface area contributed by atoms with Crippen molar-refractivity contribution in [2.75, 3.05) is 0 Å². The van der Waals surface area contributed by atoms with Crippen LogP contribution in [0.1, 0.15) is 110 Å². The van der Waals surface area contributed by atoms with E-state index in [4.69, 9.17) is 22.9 Å². The van der Waals surface area contributed by atoms with Crippen molar-refractivity contribution >= 4 is 0 Å². The van der Waals surface area contributed by atoms with E-state index in [0.717, 1.165) is 12.8 Å². The van der Waals surface area contributed by atoms with Gasteiger partial charge in [0.2, 0.25) is 0 Å². The molecule has 0 spiro atoms. The van der Waals surface area contributed by atoms with E-state index in [1.165, 1.54) is 83.5 Å². The molecular weight excluding hydrogens is 308 g/mol. The molecule has 0 saturated heterocycles. The Morgan fingerprint density at radius 2 is 1.00 bits per heavy atom. The van der Waals surface area contributed by atoms with Gasteiger partial charge >= 0.3 is 0 Å². The maximum atomic E-state index is 6.07. The number of unbranched alkanes of at least 4 members (excludes halogenated alkanes) is 12. The quantitative estimate of drug-likeness (QED) is 0.173. The van der Waals surface area contributed by atoms with Crippen LogP contribution in [0.15, 0.2) is 12.2 Å². The fraction of sp³-hybridized carbons (Fsp3) is 0.905. The van der Waals surface area contributed by atoms with Crippen LogP contribution in [0.5, 0.6) is 0 Å². The smallest absolute Gasteiger partial charge is 0.134 e. The van der Waals surface area contributed by atoms with Crippen LogP contribution in [-0.2, 0) is 0 Å². The van der Waals surface area contributed by atoms with Gasteiger partial charge in [0.05, 0.1) is 5.54 Å². The number of rotatable bonds is 17. The van der Waals surface area contributed by atoms with E-state index in [-0.39, 0.29) is 0 Å². The van der Waals surface area contributed by atoms with Crippen LogP contribution in [0.25, 0.3) is 0 Å². The van der Waals surface area contributed by atoms with Crippen LogP contribution in [0.4, 0.5) is 0 Å². The Kier molecular flexibility index (Phi) is 14.5. The predicted octanol–water partition coefficient (Wildman–Crippen LogP) is 4.66. The van der Waals surface area contributed by atoms with Crippen molar-refractivity contribution in [1.29, 1.82) is 0 Å². The predicted molar refractivity (Wildman–Crippen MR) is 112 cm³/mol. The van der Waals surface area contributed by atoms with Crippen LogP contribution in [0, 0.1) is 0 Å². The molecule has 0 aliphatic heterocycles. The summed E-state index contributed by atoms with van der Waals surface area (Å²) in [6.07, 6.45) is 23.7. The standard InChI is InChI=1S/C21H46N4/c1-3-4-5-6-7-8-9-10-11-12-13-14-15-16-17-18-19-20(2,22)21(23,24)25/h10-11H,3-9,12-19,22-25H2,1-2H3. The Labute approximate surface area is 157 Å². The average Bonchev–Trinajstić information content (AvgIpc) is 2.53. The second kappa shape index (κ2) is 14.7. The molecule has 0 amide bonds. The van der Waals surface area contributed by atoms with Gasteiger partial charge < -0.3 is 5.73 Å². The number of hydrogen-bond donors (Lipinski definition) is 4. The van der Waals surface area contributed by atoms with Crippen LogP contribution in [0.3, 0.4) is 0 Å². The van der Waals surface area contributed by atoms with Gasteiger partial charge in [-0.2, -0.15) is 0 Å². The molecule has 150 valence electrons. The maximum Gasteiger partial charge on any atom is 0.134 e. The van der Waals surface area contributed by atoms with Crippen LogP contribution in [0.2, 0.25) is 0 Å². The van der Waals surface area contributed by atoms with Crippen molar-refractivity contribution in [1.82, 2.24) is 0 Å². The molecule has 0 aromatic rings. The van der Waals surface area contributed by atoms with Gasteiger partial charge in [0.15, 0.2) is 0 Å². The maximum absolute atomic E-state index is 6.07. The van der Waals surface area contributed by atoms with Crippen molar-refractivity contribution < 1.29 is 0 Å². The summed E-state index contributed by atoms with van der Waals surface area (Å²) < 4.78 is 0. The Balaban J connectivity index is 3.33. The SMILES string of the molecule is CCCCCCCCC=CCCCCCCCCC(C)(N)C(N)(N)N. The molecule has 0 rings (SSSR count). The highest BCUT2D eigenvalue weighted by molar-refractivity contribution is 4.95. The van der Waals surface area contributed by atoms with Crippen molar-refractivity contribution in [3.63, 3.8) is 0 Å². The summed E-state index contributed by atoms with van der Waals surface area (Å²) in [7, 11) is 0. The van der Waals surface area contributed by atoms with Crippen molar-refractivity contribution in [2.45, 2.75) is 121 Å². The third kappa shape index (κ3) is 14.4. The molecular formula is C21H46N4. The van der Waals surface area contributed by atoms with Crippen LogP contribution >= 0.6 is 0 Å². The van der Waals surface area contributed by atoms with Gasteiger partial charge in [-0.25, -0.2) is 0 Å². The number of hydrogen-bond acceptors (Lipinski definition) is 4. The van der Waals surface area contributed by atoms with E-state index in [9.17, 15) is 0 Å². The Hall–Kier alpha value is -0.420. The van der Waals surface area contributed by atoms with Gasteiger partial charge in [-0.1, -0.05) is 83.3 Å². The van der Waals surface area contributed by atoms with Crippen molar-refractivity contribution in [3.05, 3.63) is 12.2 Å². The normalized spacial score (nSPS) is 15.0. The molecule has 0 aromatic heterocycles. The molecule has 8 N–H and O–H groups in total. The van der Waals surface area contributed by atoms with E-state index >= 15 is 0 Å². The Morgan fingerprint density at radius 3 is 1.44 bits per heavy atom. The summed E-state index contributed by atoms with van der Waals surface area (Å²) in [5.74, 6) is -1.30. The Morgan fingerprint density at radius 1 is 0.600 bits per heavy atom. The fourth-order valence-corrected chi connectivity index (χ4v) is 2.96. The van der Waals surface area contributed by atoms with E-state index < -0.39 is 11.3 Å². The lowest BCUT2D eigenvalue weighted by atomic mass is 9.88. The topological polar surface area (TPSA) is 104 Å². The third-order valence-electron chi connectivity index (χ3n) is 5.20. The first-order valence-corrected chi connectivity index (χ1v) is 10.6. The molecule has 0 radical (unpaired) electrons. The zero-order valence-electron chi connectivity index (χ0n) is 17.1. The van der Waals surface area contributed by atoms with Gasteiger partial charge in [-0.3, -0.25) is 17.2 Å². The van der Waals surface area contributed by atoms with E-state index in [2.05, 4.69) is 19.1 Å². The van der Waals surface area contributed by atoms with Crippen LogP contribution in [-0.4, -0.2) is 11.3 Å². The summed E-state index contributed by atoms with van der Waals surface area (Å²) in [5.41, 5.74) is 22.5. The summed E-state index contributed by atoms with van der Waals surface area (Å²) in [6.45, 7) is 4.11. The summed E-state index contributed by atoms with van der Waals surface area (Å²) in [4.78, 5) is 0. The van der Waals surface area contributed by atoms with Gasteiger partial charge in [-0.15, -0.1) is 0 Å². The number of allylic oxidation sites excluding steroid dienone is 2. The molecule has 0 aliphatic carbocycles. The summed E-state index contributed by atoms with van der Waals surface area (Å²) in [5, 5.41) is 0. The third-order valence-corrected chi connectivity index (χ3v) is 5.20. The minimum absolute atomic E-state index is 0.701. The lowest BCUT2D eigenvalue weighted by molar-refractivity contribution is 0.230. The monoisotopic (exact) mass is 354 g/mol. The summed E-state index contributed by atoms with van der Waals surface area (Å²) >= 11 is 0. The average molecular weight is 355 g/mol. The molecule has 1 unspecified atom stereocenters. The van der Waals surface area contributed by atoms with Gasteiger partial charge in [0, 0.05) is 0 Å². The minimum Gasteiger partial charge on any atom is -0.322 e. The molecule has 0 fully saturated rings. The molecule has 0 saturated carbocycles. The van der Waals surface area contributed by atoms with Gasteiger partial charge in [-0.05, 0) is 39.0 Å². The second-order valence-electron chi connectivity index (χ2n) is 8.04. The van der Waals surface area contributed by atoms with E-state index in [0.29, 0.717) is 0 Å². The first kappa shape index (κ1) is 24.6. The number of nitrogens with two attached hydrogens (primary N) is 4. The molecule has 25 heavy (non-hydrogen) atoms. The largest absolute Gasteiger partial charge is 0.322 e. The molecule has 4 nitrogen and oxygen atoms in total. The minimum atomic E-state index is -1.30. The van der Waals surface area contributed by atoms with E-state index in [1.54, 1.807) is 0 Å². The zero-order valence-corrected chi connectivity index (χ0v) is 17.1. The van der Waals surface area contributed by atoms with Gasteiger partial charge in [0.25, 0.3) is 0 Å². The molecule has 0 aromatic carbocycles. The van der Waals surface area contributed by atoms with Crippen molar-refractivity contribution in [2.24, 2.45) is 22.9 Å². The molecule has 0 bridgehead atoms. The Bertz CT molecular complexity index is 318. The highest BCUT2D eigenvalue weighted by Gasteiger charge is 2.34. The first-order chi connectivity index (χ1) is 11.8. The molecule has 1 atom stereocenters. The zero-order chi connectivity index (χ0) is 19.0. The lowest BCUT2D eigenvalue weighted by Crippen LogP contribution is -2.75.